The molecular weight excluding hydrogens is 415 g/mol. The predicted octanol–water partition coefficient (Wildman–Crippen LogP) is 2.67. The third-order valence-corrected chi connectivity index (χ3v) is 5.27. The number of piperidine rings is 1. The van der Waals surface area contributed by atoms with Crippen molar-refractivity contribution in [1.29, 1.82) is 0 Å². The van der Waals surface area contributed by atoms with Gasteiger partial charge in [0.15, 0.2) is 5.65 Å². The third kappa shape index (κ3) is 4.52. The Balaban J connectivity index is 1.55. The van der Waals surface area contributed by atoms with Crippen LogP contribution in [-0.2, 0) is 4.79 Å². The third-order valence-electron chi connectivity index (χ3n) is 5.27. The summed E-state index contributed by atoms with van der Waals surface area (Å²) in [4.78, 5) is 37.5. The first-order valence-electron chi connectivity index (χ1n) is 9.71. The molecule has 4 rings (SSSR count). The summed E-state index contributed by atoms with van der Waals surface area (Å²) >= 11 is 0. The van der Waals surface area contributed by atoms with Gasteiger partial charge < -0.3 is 15.2 Å². The van der Waals surface area contributed by atoms with Crippen LogP contribution in [0.2, 0.25) is 0 Å². The van der Waals surface area contributed by atoms with Crippen molar-refractivity contribution in [3.05, 3.63) is 30.5 Å². The lowest BCUT2D eigenvalue weighted by atomic mass is 9.96. The van der Waals surface area contributed by atoms with E-state index in [2.05, 4.69) is 15.1 Å². The molecule has 0 bridgehead atoms. The van der Waals surface area contributed by atoms with Gasteiger partial charge in [-0.15, -0.1) is 0 Å². The fraction of sp³-hybridized carbons (Fsp3) is 0.421. The Morgan fingerprint density at radius 1 is 1.29 bits per heavy atom. The Kier molecular flexibility index (Phi) is 5.38. The van der Waals surface area contributed by atoms with Gasteiger partial charge in [0.25, 0.3) is 0 Å². The van der Waals surface area contributed by atoms with E-state index in [1.165, 1.54) is 12.4 Å². The van der Waals surface area contributed by atoms with Crippen molar-refractivity contribution in [3.63, 3.8) is 0 Å². The van der Waals surface area contributed by atoms with Crippen LogP contribution in [0.4, 0.5) is 18.0 Å². The minimum absolute atomic E-state index is 0.0586. The number of imidazole rings is 1. The zero-order chi connectivity index (χ0) is 22.2. The molecule has 12 heteroatoms. The zero-order valence-corrected chi connectivity index (χ0v) is 16.6. The summed E-state index contributed by atoms with van der Waals surface area (Å²) in [6.45, 7) is 1.45. The van der Waals surface area contributed by atoms with Crippen molar-refractivity contribution in [2.75, 3.05) is 19.6 Å². The average molecular weight is 435 g/mol. The van der Waals surface area contributed by atoms with Gasteiger partial charge in [-0.3, -0.25) is 4.79 Å². The summed E-state index contributed by atoms with van der Waals surface area (Å²) in [7, 11) is 0. The highest BCUT2D eigenvalue weighted by atomic mass is 19.4. The number of H-pyrrole nitrogens is 1. The molecule has 1 saturated heterocycles. The molecule has 1 fully saturated rings. The number of nitrogens with zero attached hydrogens (tertiary/aromatic N) is 5. The monoisotopic (exact) mass is 435 g/mol. The first kappa shape index (κ1) is 20.8. The van der Waals surface area contributed by atoms with E-state index < -0.39 is 18.8 Å². The van der Waals surface area contributed by atoms with Crippen LogP contribution in [0.3, 0.4) is 0 Å². The highest BCUT2D eigenvalue weighted by Gasteiger charge is 2.28. The van der Waals surface area contributed by atoms with Crippen LogP contribution in [0.15, 0.2) is 24.7 Å². The summed E-state index contributed by atoms with van der Waals surface area (Å²) in [6, 6.07) is 0.731. The summed E-state index contributed by atoms with van der Waals surface area (Å²) in [5, 5.41) is 5.64. The van der Waals surface area contributed by atoms with Crippen LogP contribution in [0.25, 0.3) is 22.3 Å². The molecule has 9 nitrogen and oxygen atoms in total. The summed E-state index contributed by atoms with van der Waals surface area (Å²) in [6.07, 6.45) is 1.38. The Labute approximate surface area is 174 Å². The molecule has 0 aromatic carbocycles. The Hall–Kier alpha value is -3.44. The molecule has 3 aromatic rings. The number of carbonyl (C=O) groups is 2. The summed E-state index contributed by atoms with van der Waals surface area (Å²) in [5.74, 6) is 0.991. The molecule has 0 atom stereocenters. The zero-order valence-electron chi connectivity index (χ0n) is 16.6. The number of likely N-dealkylation sites (tertiary alicyclic amines) is 1. The van der Waals surface area contributed by atoms with Gasteiger partial charge in [-0.2, -0.15) is 23.0 Å². The van der Waals surface area contributed by atoms with Crippen molar-refractivity contribution in [2.24, 2.45) is 0 Å². The molecule has 0 unspecified atom stereocenters. The molecule has 164 valence electrons. The molecular formula is C19H20F3N7O2. The lowest BCUT2D eigenvalue weighted by Crippen LogP contribution is -2.36. The Morgan fingerprint density at radius 2 is 2.03 bits per heavy atom. The van der Waals surface area contributed by atoms with E-state index in [-0.39, 0.29) is 11.8 Å². The lowest BCUT2D eigenvalue weighted by Gasteiger charge is -2.30. The predicted molar refractivity (Wildman–Crippen MR) is 104 cm³/mol. The number of aromatic nitrogens is 5. The van der Waals surface area contributed by atoms with Crippen LogP contribution >= 0.6 is 0 Å². The number of halogens is 3. The van der Waals surface area contributed by atoms with Gasteiger partial charge in [0.2, 0.25) is 5.91 Å². The van der Waals surface area contributed by atoms with Gasteiger partial charge in [0.1, 0.15) is 17.9 Å². The molecule has 0 saturated carbocycles. The molecule has 0 spiro atoms. The van der Waals surface area contributed by atoms with Gasteiger partial charge >= 0.3 is 12.2 Å². The van der Waals surface area contributed by atoms with Crippen molar-refractivity contribution in [2.45, 2.75) is 31.9 Å². The minimum Gasteiger partial charge on any atom is -0.343 e. The Bertz CT molecular complexity index is 1110. The van der Waals surface area contributed by atoms with E-state index in [1.807, 2.05) is 0 Å². The second kappa shape index (κ2) is 8.00. The van der Waals surface area contributed by atoms with Gasteiger partial charge in [-0.25, -0.2) is 14.8 Å². The number of hydrogen-bond donors (Lipinski definition) is 2. The topological polar surface area (TPSA) is 109 Å². The number of alkyl halides is 3. The van der Waals surface area contributed by atoms with Crippen molar-refractivity contribution >= 4 is 23.1 Å². The number of aromatic amines is 1. The number of pyridine rings is 1. The second-order valence-electron chi connectivity index (χ2n) is 7.41. The second-order valence-corrected chi connectivity index (χ2v) is 7.41. The fourth-order valence-corrected chi connectivity index (χ4v) is 3.65. The molecule has 0 aliphatic carbocycles. The number of carbonyl (C=O) groups excluding carboxylic acids is 2. The van der Waals surface area contributed by atoms with E-state index in [0.29, 0.717) is 35.4 Å². The number of rotatable bonds is 3. The molecule has 0 radical (unpaired) electrons. The first-order valence-corrected chi connectivity index (χ1v) is 9.71. The molecule has 4 heterocycles. The summed E-state index contributed by atoms with van der Waals surface area (Å²) in [5.41, 5.74) is 2.33. The minimum atomic E-state index is -4.51. The average Bonchev–Trinajstić information content (AvgIpc) is 3.38. The number of hydrogen-bond acceptors (Lipinski definition) is 5. The highest BCUT2D eigenvalue weighted by Crippen LogP contribution is 2.31. The van der Waals surface area contributed by atoms with Crippen molar-refractivity contribution < 1.29 is 22.8 Å². The van der Waals surface area contributed by atoms with Crippen molar-refractivity contribution in [1.82, 2.24) is 34.9 Å². The van der Waals surface area contributed by atoms with Crippen molar-refractivity contribution in [3.8, 4) is 11.1 Å². The van der Waals surface area contributed by atoms with Gasteiger partial charge in [0.05, 0.1) is 6.20 Å². The van der Waals surface area contributed by atoms with Gasteiger partial charge in [-0.1, -0.05) is 0 Å². The molecule has 3 aromatic heterocycles. The molecule has 1 aliphatic heterocycles. The van der Waals surface area contributed by atoms with E-state index in [4.69, 9.17) is 4.98 Å². The van der Waals surface area contributed by atoms with Crippen LogP contribution in [0.1, 0.15) is 31.5 Å². The van der Waals surface area contributed by atoms with Crippen LogP contribution in [0.5, 0.6) is 0 Å². The number of fused-ring (bicyclic) bond motifs is 1. The maximum absolute atomic E-state index is 12.3. The maximum atomic E-state index is 12.3. The van der Waals surface area contributed by atoms with Crippen LogP contribution in [0, 0.1) is 0 Å². The lowest BCUT2D eigenvalue weighted by molar-refractivity contribution is -0.129. The molecule has 2 N–H and O–H groups in total. The quantitative estimate of drug-likeness (QED) is 0.658. The largest absolute Gasteiger partial charge is 0.405 e. The van der Waals surface area contributed by atoms with E-state index in [9.17, 15) is 22.8 Å². The van der Waals surface area contributed by atoms with Crippen LogP contribution < -0.4 is 5.32 Å². The normalized spacial score (nSPS) is 15.4. The van der Waals surface area contributed by atoms with E-state index >= 15 is 0 Å². The van der Waals surface area contributed by atoms with Crippen LogP contribution in [-0.4, -0.2) is 67.4 Å². The molecule has 31 heavy (non-hydrogen) atoms. The number of nitrogens with one attached hydrogen (secondary N) is 2. The standard InChI is InChI=1S/C19H20F3N7O2/c1-11(30)28-6-3-12(4-7-28)16-26-15-14(2-5-23-17(15)27-16)13-8-25-29(9-13)18(31)24-10-19(20,21)22/h2,5,8-9,12H,3-4,6-7,10H2,1H3,(H,24,31)(H,23,26,27). The smallest absolute Gasteiger partial charge is 0.343 e. The first-order chi connectivity index (χ1) is 14.7. The fourth-order valence-electron chi connectivity index (χ4n) is 3.65. The molecule has 1 aliphatic rings. The highest BCUT2D eigenvalue weighted by molar-refractivity contribution is 5.90. The SMILES string of the molecule is CC(=O)N1CCC(c2nc3c(-c4cnn(C(=O)NCC(F)(F)F)c4)ccnc3[nH]2)CC1. The van der Waals surface area contributed by atoms with E-state index in [0.717, 1.165) is 23.3 Å². The van der Waals surface area contributed by atoms with Gasteiger partial charge in [0, 0.05) is 49.5 Å². The van der Waals surface area contributed by atoms with E-state index in [1.54, 1.807) is 29.4 Å². The maximum Gasteiger partial charge on any atom is 0.405 e. The Morgan fingerprint density at radius 3 is 2.71 bits per heavy atom. The molecule has 2 amide bonds. The summed E-state index contributed by atoms with van der Waals surface area (Å²) < 4.78 is 37.7. The number of amides is 2. The van der Waals surface area contributed by atoms with Gasteiger partial charge in [-0.05, 0) is 18.9 Å².